The van der Waals surface area contributed by atoms with Gasteiger partial charge in [-0.15, -0.1) is 5.10 Å². The Kier molecular flexibility index (Phi) is 7.43. The lowest BCUT2D eigenvalue weighted by atomic mass is 9.91. The zero-order chi connectivity index (χ0) is 21.5. The van der Waals surface area contributed by atoms with Crippen molar-refractivity contribution in [3.8, 4) is 5.75 Å². The van der Waals surface area contributed by atoms with E-state index in [0.717, 1.165) is 37.0 Å². The van der Waals surface area contributed by atoms with Gasteiger partial charge in [0.05, 0.1) is 19.3 Å². The fourth-order valence-electron chi connectivity index (χ4n) is 3.73. The average Bonchev–Trinajstić information content (AvgIpc) is 3.23. The predicted octanol–water partition coefficient (Wildman–Crippen LogP) is 2.66. The van der Waals surface area contributed by atoms with Gasteiger partial charge in [0.15, 0.2) is 5.69 Å². The summed E-state index contributed by atoms with van der Waals surface area (Å²) in [6, 6.07) is 8.28. The van der Waals surface area contributed by atoms with Crippen molar-refractivity contribution in [2.45, 2.75) is 70.5 Å². The third-order valence-corrected chi connectivity index (χ3v) is 5.40. The molecule has 0 radical (unpaired) electrons. The summed E-state index contributed by atoms with van der Waals surface area (Å²) >= 11 is 0. The first kappa shape index (κ1) is 21.8. The van der Waals surface area contributed by atoms with Crippen LogP contribution >= 0.6 is 0 Å². The van der Waals surface area contributed by atoms with Crippen LogP contribution in [0.1, 0.15) is 68.0 Å². The average molecular weight is 414 g/mol. The van der Waals surface area contributed by atoms with Gasteiger partial charge in [-0.05, 0) is 63.6 Å². The lowest BCUT2D eigenvalue weighted by Crippen LogP contribution is -2.38. The van der Waals surface area contributed by atoms with E-state index in [0.29, 0.717) is 18.5 Å². The quantitative estimate of drug-likeness (QED) is 0.693. The normalized spacial score (nSPS) is 18.8. The molecule has 162 valence electrons. The molecule has 3 rings (SSSR count). The second-order valence-corrected chi connectivity index (χ2v) is 8.13. The zero-order valence-corrected chi connectivity index (χ0v) is 17.9. The smallest absolute Gasteiger partial charge is 0.273 e. The van der Waals surface area contributed by atoms with Gasteiger partial charge in [-0.25, -0.2) is 4.68 Å². The van der Waals surface area contributed by atoms with Gasteiger partial charge in [-0.2, -0.15) is 0 Å². The number of carbonyl (C=O) groups is 2. The lowest BCUT2D eigenvalue weighted by Gasteiger charge is -2.29. The molecule has 0 bridgehead atoms. The number of methoxy groups -OCH3 is 1. The molecule has 1 saturated carbocycles. The Morgan fingerprint density at radius 1 is 1.17 bits per heavy atom. The van der Waals surface area contributed by atoms with Crippen LogP contribution in [0.3, 0.4) is 0 Å². The van der Waals surface area contributed by atoms with E-state index >= 15 is 0 Å². The molecule has 1 aliphatic rings. The number of ether oxygens (including phenoxy) is 1. The maximum atomic E-state index is 12.3. The van der Waals surface area contributed by atoms with E-state index < -0.39 is 0 Å². The van der Waals surface area contributed by atoms with Crippen LogP contribution in [0.5, 0.6) is 5.75 Å². The maximum absolute atomic E-state index is 12.3. The van der Waals surface area contributed by atoms with Crippen LogP contribution < -0.4 is 15.4 Å². The number of hydrogen-bond donors (Lipinski definition) is 2. The summed E-state index contributed by atoms with van der Waals surface area (Å²) in [4.78, 5) is 24.4. The molecule has 2 amide bonds. The number of aryl methyl sites for hydroxylation is 1. The van der Waals surface area contributed by atoms with E-state index in [1.165, 1.54) is 0 Å². The number of benzene rings is 1. The van der Waals surface area contributed by atoms with E-state index in [-0.39, 0.29) is 29.9 Å². The zero-order valence-electron chi connectivity index (χ0n) is 17.9. The molecule has 0 saturated heterocycles. The summed E-state index contributed by atoms with van der Waals surface area (Å²) in [6.07, 6.45) is 6.50. The van der Waals surface area contributed by atoms with Crippen molar-refractivity contribution in [3.05, 3.63) is 41.7 Å². The number of nitrogens with one attached hydrogen (secondary N) is 2. The molecule has 1 aliphatic carbocycles. The number of hydrogen-bond acceptors (Lipinski definition) is 5. The van der Waals surface area contributed by atoms with Crippen LogP contribution in [-0.2, 0) is 11.2 Å². The Hall–Kier alpha value is -2.90. The third-order valence-electron chi connectivity index (χ3n) is 5.40. The molecule has 2 aromatic rings. The minimum atomic E-state index is -0.200. The van der Waals surface area contributed by atoms with Gasteiger partial charge in [-0.3, -0.25) is 9.59 Å². The predicted molar refractivity (Wildman–Crippen MR) is 113 cm³/mol. The van der Waals surface area contributed by atoms with E-state index in [1.807, 2.05) is 38.1 Å². The van der Waals surface area contributed by atoms with E-state index in [4.69, 9.17) is 4.74 Å². The van der Waals surface area contributed by atoms with Crippen LogP contribution in [0.2, 0.25) is 0 Å². The Balaban J connectivity index is 1.41. The van der Waals surface area contributed by atoms with Crippen molar-refractivity contribution in [2.24, 2.45) is 0 Å². The Morgan fingerprint density at radius 3 is 2.50 bits per heavy atom. The van der Waals surface area contributed by atoms with Gasteiger partial charge in [0, 0.05) is 18.5 Å². The van der Waals surface area contributed by atoms with E-state index in [9.17, 15) is 9.59 Å². The molecule has 1 aromatic heterocycles. The molecule has 2 N–H and O–H groups in total. The molecular formula is C22H31N5O3. The second kappa shape index (κ2) is 10.2. The Bertz CT molecular complexity index is 839. The fraction of sp³-hybridized carbons (Fsp3) is 0.545. The van der Waals surface area contributed by atoms with Gasteiger partial charge in [0.25, 0.3) is 5.91 Å². The number of carbonyl (C=O) groups excluding carboxylic acids is 2. The summed E-state index contributed by atoms with van der Waals surface area (Å²) in [7, 11) is 1.64. The lowest BCUT2D eigenvalue weighted by molar-refractivity contribution is -0.122. The number of nitrogens with zero attached hydrogens (tertiary/aromatic N) is 3. The fourth-order valence-corrected chi connectivity index (χ4v) is 3.73. The number of aromatic nitrogens is 3. The molecule has 0 atom stereocenters. The molecule has 0 unspecified atom stereocenters. The van der Waals surface area contributed by atoms with Gasteiger partial charge in [0.2, 0.25) is 5.91 Å². The highest BCUT2D eigenvalue weighted by molar-refractivity contribution is 5.92. The first-order valence-corrected chi connectivity index (χ1v) is 10.6. The molecular weight excluding hydrogens is 382 g/mol. The molecule has 1 aromatic carbocycles. The minimum absolute atomic E-state index is 0.0615. The molecule has 0 spiro atoms. The monoisotopic (exact) mass is 413 g/mol. The van der Waals surface area contributed by atoms with Crippen molar-refractivity contribution >= 4 is 11.8 Å². The van der Waals surface area contributed by atoms with Gasteiger partial charge >= 0.3 is 0 Å². The summed E-state index contributed by atoms with van der Waals surface area (Å²) in [5, 5.41) is 14.1. The SMILES string of the molecule is COc1ccc(CCC(=O)NC2CCC(n3cc(C(=O)NC(C)C)nn3)CC2)cc1. The highest BCUT2D eigenvalue weighted by Crippen LogP contribution is 2.28. The Morgan fingerprint density at radius 2 is 1.87 bits per heavy atom. The third kappa shape index (κ3) is 6.05. The summed E-state index contributed by atoms with van der Waals surface area (Å²) in [6.45, 7) is 3.82. The van der Waals surface area contributed by atoms with Gasteiger partial charge in [0.1, 0.15) is 5.75 Å². The van der Waals surface area contributed by atoms with E-state index in [2.05, 4.69) is 20.9 Å². The van der Waals surface area contributed by atoms with E-state index in [1.54, 1.807) is 18.0 Å². The van der Waals surface area contributed by atoms with Crippen molar-refractivity contribution in [3.63, 3.8) is 0 Å². The first-order chi connectivity index (χ1) is 14.4. The maximum Gasteiger partial charge on any atom is 0.273 e. The Labute approximate surface area is 177 Å². The van der Waals surface area contributed by atoms with Crippen molar-refractivity contribution in [1.29, 1.82) is 0 Å². The van der Waals surface area contributed by atoms with Crippen LogP contribution in [0.4, 0.5) is 0 Å². The molecule has 1 fully saturated rings. The van der Waals surface area contributed by atoms with Crippen molar-refractivity contribution < 1.29 is 14.3 Å². The highest BCUT2D eigenvalue weighted by Gasteiger charge is 2.25. The van der Waals surface area contributed by atoms with Gasteiger partial charge in [-0.1, -0.05) is 17.3 Å². The van der Waals surface area contributed by atoms with Gasteiger partial charge < -0.3 is 15.4 Å². The van der Waals surface area contributed by atoms with Crippen LogP contribution in [0, 0.1) is 0 Å². The molecule has 30 heavy (non-hydrogen) atoms. The molecule has 8 nitrogen and oxygen atoms in total. The minimum Gasteiger partial charge on any atom is -0.497 e. The summed E-state index contributed by atoms with van der Waals surface area (Å²) < 4.78 is 6.94. The number of amides is 2. The summed E-state index contributed by atoms with van der Waals surface area (Å²) in [5.41, 5.74) is 1.47. The van der Waals surface area contributed by atoms with Crippen molar-refractivity contribution in [1.82, 2.24) is 25.6 Å². The van der Waals surface area contributed by atoms with Crippen LogP contribution in [0.15, 0.2) is 30.5 Å². The molecule has 0 aliphatic heterocycles. The topological polar surface area (TPSA) is 98.1 Å². The van der Waals surface area contributed by atoms with Crippen molar-refractivity contribution in [2.75, 3.05) is 7.11 Å². The molecule has 8 heteroatoms. The standard InChI is InChI=1S/C22H31N5O3/c1-15(2)23-22(29)20-14-27(26-25-20)18-9-7-17(8-10-18)24-21(28)13-6-16-4-11-19(30-3)12-5-16/h4-5,11-12,14-15,17-18H,6-10,13H2,1-3H3,(H,23,29)(H,24,28). The number of rotatable bonds is 8. The highest BCUT2D eigenvalue weighted by atomic mass is 16.5. The molecule has 1 heterocycles. The first-order valence-electron chi connectivity index (χ1n) is 10.6. The van der Waals surface area contributed by atoms with Crippen LogP contribution in [-0.4, -0.2) is 46.0 Å². The summed E-state index contributed by atoms with van der Waals surface area (Å²) in [5.74, 6) is 0.705. The largest absolute Gasteiger partial charge is 0.497 e. The van der Waals surface area contributed by atoms with Crippen LogP contribution in [0.25, 0.3) is 0 Å². The second-order valence-electron chi connectivity index (χ2n) is 8.13.